The zero-order chi connectivity index (χ0) is 7.72. The van der Waals surface area contributed by atoms with E-state index in [4.69, 9.17) is 5.11 Å². The van der Waals surface area contributed by atoms with Crippen molar-refractivity contribution in [3.8, 4) is 11.8 Å². The van der Waals surface area contributed by atoms with Crippen molar-refractivity contribution in [2.24, 2.45) is 7.05 Å². The highest BCUT2D eigenvalue weighted by Gasteiger charge is 2.08. The number of aromatic amines is 1. The number of methoxy groups -OCH3 is 1. The fraction of sp³-hybridized carbons (Fsp3) is 0.400. The number of ether oxygens (including phenoxy) is 1. The summed E-state index contributed by atoms with van der Waals surface area (Å²) in [6.45, 7) is 0. The van der Waals surface area contributed by atoms with Crippen LogP contribution >= 0.6 is 0 Å². The lowest BCUT2D eigenvalue weighted by Gasteiger charge is -1.93. The highest BCUT2D eigenvalue weighted by molar-refractivity contribution is 5.24. The van der Waals surface area contributed by atoms with Gasteiger partial charge in [0.1, 0.15) is 0 Å². The Hall–Kier alpha value is -1.39. The van der Waals surface area contributed by atoms with E-state index in [2.05, 4.69) is 9.72 Å². The Balaban J connectivity index is 3.31. The molecule has 10 heavy (non-hydrogen) atoms. The van der Waals surface area contributed by atoms with Crippen LogP contribution in [0, 0.1) is 0 Å². The molecule has 1 rings (SSSR count). The molecular weight excluding hydrogens is 136 g/mol. The van der Waals surface area contributed by atoms with Gasteiger partial charge in [-0.2, -0.15) is 0 Å². The zero-order valence-electron chi connectivity index (χ0n) is 5.71. The Labute approximate surface area is 56.9 Å². The van der Waals surface area contributed by atoms with Crippen molar-refractivity contribution in [3.05, 3.63) is 10.5 Å². The number of imidazole rings is 1. The summed E-state index contributed by atoms with van der Waals surface area (Å²) in [5.74, 6) is -0.0972. The molecule has 0 aromatic carbocycles. The lowest BCUT2D eigenvalue weighted by molar-refractivity contribution is 0.350. The normalized spacial score (nSPS) is 9.80. The maximum atomic E-state index is 10.7. The van der Waals surface area contributed by atoms with Crippen LogP contribution in [-0.4, -0.2) is 21.8 Å². The molecule has 0 saturated heterocycles. The average molecular weight is 144 g/mol. The summed E-state index contributed by atoms with van der Waals surface area (Å²) < 4.78 is 5.67. The number of hydrogen-bond acceptors (Lipinski definition) is 3. The zero-order valence-corrected chi connectivity index (χ0v) is 5.71. The van der Waals surface area contributed by atoms with Gasteiger partial charge < -0.3 is 9.84 Å². The predicted octanol–water partition coefficient (Wildman–Crippen LogP) is -0.572. The van der Waals surface area contributed by atoms with E-state index in [9.17, 15) is 4.79 Å². The van der Waals surface area contributed by atoms with Crippen molar-refractivity contribution < 1.29 is 9.84 Å². The van der Waals surface area contributed by atoms with Crippen molar-refractivity contribution in [2.45, 2.75) is 0 Å². The minimum Gasteiger partial charge on any atom is -0.491 e. The molecule has 0 saturated carbocycles. The minimum atomic E-state index is -0.394. The second-order valence-electron chi connectivity index (χ2n) is 1.85. The fourth-order valence-electron chi connectivity index (χ4n) is 0.628. The second kappa shape index (κ2) is 2.09. The standard InChI is InChI=1S/C5H8N2O3/c1-7-4(8)3(10-2)6-5(7)9/h8H,1-2H3,(H,6,9). The molecule has 5 heteroatoms. The van der Waals surface area contributed by atoms with Gasteiger partial charge in [0.2, 0.25) is 0 Å². The first-order valence-electron chi connectivity index (χ1n) is 2.68. The summed E-state index contributed by atoms with van der Waals surface area (Å²) in [5, 5.41) is 9.03. The van der Waals surface area contributed by atoms with Gasteiger partial charge in [-0.25, -0.2) is 4.79 Å². The largest absolute Gasteiger partial charge is 0.491 e. The van der Waals surface area contributed by atoms with Gasteiger partial charge in [0.25, 0.3) is 11.8 Å². The molecule has 0 aliphatic carbocycles. The topological polar surface area (TPSA) is 67.2 Å². The number of nitrogens with one attached hydrogen (secondary N) is 1. The van der Waals surface area contributed by atoms with E-state index in [1.54, 1.807) is 0 Å². The minimum absolute atomic E-state index is 0.0903. The Bertz CT molecular complexity index is 286. The van der Waals surface area contributed by atoms with Crippen molar-refractivity contribution in [2.75, 3.05) is 7.11 Å². The Morgan fingerprint density at radius 3 is 2.50 bits per heavy atom. The van der Waals surface area contributed by atoms with Crippen LogP contribution in [0.15, 0.2) is 4.79 Å². The molecule has 0 bridgehead atoms. The van der Waals surface area contributed by atoms with Gasteiger partial charge in [0.15, 0.2) is 0 Å². The van der Waals surface area contributed by atoms with Crippen LogP contribution < -0.4 is 10.4 Å². The van der Waals surface area contributed by atoms with E-state index >= 15 is 0 Å². The van der Waals surface area contributed by atoms with E-state index in [1.165, 1.54) is 14.2 Å². The third-order valence-electron chi connectivity index (χ3n) is 1.25. The molecule has 0 amide bonds. The third-order valence-corrected chi connectivity index (χ3v) is 1.25. The van der Waals surface area contributed by atoms with Crippen LogP contribution in [0.4, 0.5) is 0 Å². The molecule has 0 unspecified atom stereocenters. The number of hydrogen-bond donors (Lipinski definition) is 2. The van der Waals surface area contributed by atoms with Crippen molar-refractivity contribution in [1.82, 2.24) is 9.55 Å². The maximum absolute atomic E-state index is 10.7. The predicted molar refractivity (Wildman–Crippen MR) is 34.3 cm³/mol. The van der Waals surface area contributed by atoms with E-state index < -0.39 is 5.69 Å². The summed E-state index contributed by atoms with van der Waals surface area (Å²) in [5.41, 5.74) is -0.394. The molecule has 1 aromatic rings. The third kappa shape index (κ3) is 0.754. The fourth-order valence-corrected chi connectivity index (χ4v) is 0.628. The maximum Gasteiger partial charge on any atom is 0.331 e. The van der Waals surface area contributed by atoms with Gasteiger partial charge in [0, 0.05) is 7.05 Å². The number of aromatic hydroxyl groups is 1. The SMILES string of the molecule is COc1[nH]c(=O)n(C)c1O. The quantitative estimate of drug-likeness (QED) is 0.554. The first-order chi connectivity index (χ1) is 4.66. The Kier molecular flexibility index (Phi) is 1.41. The summed E-state index contributed by atoms with van der Waals surface area (Å²) in [4.78, 5) is 13.0. The first-order valence-corrected chi connectivity index (χ1v) is 2.68. The summed E-state index contributed by atoms with van der Waals surface area (Å²) in [6, 6.07) is 0. The molecular formula is C5H8N2O3. The molecule has 0 aliphatic heterocycles. The number of H-pyrrole nitrogens is 1. The summed E-state index contributed by atoms with van der Waals surface area (Å²) in [7, 11) is 2.81. The average Bonchev–Trinajstić information content (AvgIpc) is 2.17. The highest BCUT2D eigenvalue weighted by Crippen LogP contribution is 2.17. The van der Waals surface area contributed by atoms with Gasteiger partial charge >= 0.3 is 5.69 Å². The molecule has 1 heterocycles. The highest BCUT2D eigenvalue weighted by atomic mass is 16.5. The number of nitrogens with zero attached hydrogens (tertiary/aromatic N) is 1. The molecule has 0 fully saturated rings. The van der Waals surface area contributed by atoms with E-state index in [-0.39, 0.29) is 11.8 Å². The van der Waals surface area contributed by atoms with E-state index in [0.717, 1.165) is 4.57 Å². The molecule has 0 atom stereocenters. The summed E-state index contributed by atoms with van der Waals surface area (Å²) in [6.07, 6.45) is 0. The molecule has 56 valence electrons. The van der Waals surface area contributed by atoms with E-state index in [1.807, 2.05) is 0 Å². The van der Waals surface area contributed by atoms with Crippen molar-refractivity contribution in [3.63, 3.8) is 0 Å². The summed E-state index contributed by atoms with van der Waals surface area (Å²) >= 11 is 0. The number of rotatable bonds is 1. The van der Waals surface area contributed by atoms with Gasteiger partial charge in [0.05, 0.1) is 7.11 Å². The molecule has 0 aliphatic rings. The van der Waals surface area contributed by atoms with Crippen LogP contribution in [0.2, 0.25) is 0 Å². The van der Waals surface area contributed by atoms with Crippen molar-refractivity contribution in [1.29, 1.82) is 0 Å². The van der Waals surface area contributed by atoms with Gasteiger partial charge in [-0.1, -0.05) is 0 Å². The van der Waals surface area contributed by atoms with Gasteiger partial charge in [-0.3, -0.25) is 9.55 Å². The molecule has 0 spiro atoms. The van der Waals surface area contributed by atoms with Crippen molar-refractivity contribution >= 4 is 0 Å². The van der Waals surface area contributed by atoms with Gasteiger partial charge in [-0.15, -0.1) is 0 Å². The molecule has 5 nitrogen and oxygen atoms in total. The monoisotopic (exact) mass is 144 g/mol. The van der Waals surface area contributed by atoms with Crippen LogP contribution in [0.1, 0.15) is 0 Å². The Morgan fingerprint density at radius 1 is 1.70 bits per heavy atom. The second-order valence-corrected chi connectivity index (χ2v) is 1.85. The lowest BCUT2D eigenvalue weighted by Crippen LogP contribution is -2.11. The van der Waals surface area contributed by atoms with E-state index in [0.29, 0.717) is 0 Å². The molecule has 1 aromatic heterocycles. The van der Waals surface area contributed by atoms with Crippen LogP contribution in [0.3, 0.4) is 0 Å². The smallest absolute Gasteiger partial charge is 0.331 e. The number of aromatic nitrogens is 2. The Morgan fingerprint density at radius 2 is 2.30 bits per heavy atom. The van der Waals surface area contributed by atoms with Crippen LogP contribution in [0.25, 0.3) is 0 Å². The van der Waals surface area contributed by atoms with Crippen LogP contribution in [0.5, 0.6) is 11.8 Å². The van der Waals surface area contributed by atoms with Gasteiger partial charge in [-0.05, 0) is 0 Å². The first kappa shape index (κ1) is 6.73. The molecule has 2 N–H and O–H groups in total. The lowest BCUT2D eigenvalue weighted by atomic mass is 10.7. The molecule has 0 radical (unpaired) electrons. The van der Waals surface area contributed by atoms with Crippen LogP contribution in [-0.2, 0) is 7.05 Å².